The van der Waals surface area contributed by atoms with E-state index in [1.807, 2.05) is 39.0 Å². The molecule has 0 saturated heterocycles. The molecule has 0 fully saturated rings. The zero-order valence-electron chi connectivity index (χ0n) is 25.1. The standard InChI is InChI=1S/C34H34N4O5.Pt/c1-7-18-14(3)21-11-23-16(5)20(9-10-27(39)40)31(37-23)29-30(34(42)43)33(41)28-17(6)24(38-32(28)29)13-26-19(8-2)15(4)22(36-26)12-25(18)35-21;/h7,11-13,16,20,30H,1,8-10H2,2-6H3,(H4,35,36,37,38,39,40,41,42,43);/q;+2/p-2. The summed E-state index contributed by atoms with van der Waals surface area (Å²) in [6.45, 7) is 13.8. The fourth-order valence-electron chi connectivity index (χ4n) is 6.82. The van der Waals surface area contributed by atoms with Crippen molar-refractivity contribution in [1.82, 2.24) is 19.9 Å². The molecule has 1 aliphatic carbocycles. The zero-order chi connectivity index (χ0) is 30.9. The number of rotatable bonds is 6. The van der Waals surface area contributed by atoms with E-state index < -0.39 is 29.6 Å². The molecule has 6 rings (SSSR count). The monoisotopic (exact) mass is 771 g/mol. The van der Waals surface area contributed by atoms with Crippen molar-refractivity contribution in [2.24, 2.45) is 0 Å². The average Bonchev–Trinajstić information content (AvgIpc) is 3.68. The number of aromatic nitrogens is 4. The summed E-state index contributed by atoms with van der Waals surface area (Å²) in [5.41, 5.74) is 9.85. The second kappa shape index (κ2) is 11.4. The normalized spacial score (nSPS) is 18.8. The minimum Gasteiger partial charge on any atom is -0.657 e. The maximum atomic E-state index is 13.7. The Labute approximate surface area is 268 Å². The molecule has 2 N–H and O–H groups in total. The van der Waals surface area contributed by atoms with Crippen LogP contribution in [0.1, 0.15) is 113 Å². The molecule has 44 heavy (non-hydrogen) atoms. The van der Waals surface area contributed by atoms with Gasteiger partial charge in [0, 0.05) is 35.2 Å². The molecule has 3 aliphatic rings. The number of carbonyl (C=O) groups is 3. The number of allylic oxidation sites excluding steroid dienone is 2. The van der Waals surface area contributed by atoms with Gasteiger partial charge in [-0.3, -0.25) is 19.4 Å². The van der Waals surface area contributed by atoms with E-state index in [4.69, 9.17) is 19.9 Å². The van der Waals surface area contributed by atoms with Crippen LogP contribution in [0.3, 0.4) is 0 Å². The molecular weight excluding hydrogens is 739 g/mol. The summed E-state index contributed by atoms with van der Waals surface area (Å²) in [7, 11) is 0. The van der Waals surface area contributed by atoms with Crippen LogP contribution in [0.5, 0.6) is 0 Å². The predicted molar refractivity (Wildman–Crippen MR) is 164 cm³/mol. The molecule has 0 amide bonds. The van der Waals surface area contributed by atoms with Crippen molar-refractivity contribution in [3.8, 4) is 0 Å². The summed E-state index contributed by atoms with van der Waals surface area (Å²) >= 11 is 0. The third-order valence-corrected chi connectivity index (χ3v) is 9.22. The molecule has 5 heterocycles. The minimum absolute atomic E-state index is 0. The quantitative estimate of drug-likeness (QED) is 0.277. The Kier molecular flexibility index (Phi) is 8.14. The van der Waals surface area contributed by atoms with Crippen molar-refractivity contribution in [2.75, 3.05) is 0 Å². The smallest absolute Gasteiger partial charge is 0.657 e. The summed E-state index contributed by atoms with van der Waals surface area (Å²) in [6.07, 6.45) is 2.61. The number of aryl methyl sites for hydroxylation is 2. The van der Waals surface area contributed by atoms with Gasteiger partial charge in [0.15, 0.2) is 5.78 Å². The average molecular weight is 772 g/mol. The summed E-state index contributed by atoms with van der Waals surface area (Å²) in [4.78, 5) is 57.7. The fourth-order valence-corrected chi connectivity index (χ4v) is 6.82. The van der Waals surface area contributed by atoms with Crippen molar-refractivity contribution in [3.05, 3.63) is 75.4 Å². The van der Waals surface area contributed by atoms with Crippen LogP contribution in [0.25, 0.3) is 39.3 Å². The number of nitrogens with zero attached hydrogens (tertiary/aromatic N) is 4. The molecule has 3 atom stereocenters. The van der Waals surface area contributed by atoms with Crippen molar-refractivity contribution in [2.45, 2.75) is 71.6 Å². The number of carboxylic acids is 2. The number of Topliss-reactive ketones (excluding diaryl/α,β-unsaturated/α-hetero) is 1. The Bertz CT molecular complexity index is 1980. The molecular formula is C34H32N4O5Pt. The van der Waals surface area contributed by atoms with Gasteiger partial charge in [-0.1, -0.05) is 55.8 Å². The van der Waals surface area contributed by atoms with Gasteiger partial charge < -0.3 is 20.2 Å². The van der Waals surface area contributed by atoms with Gasteiger partial charge in [0.05, 0.1) is 11.4 Å². The summed E-state index contributed by atoms with van der Waals surface area (Å²) in [5.74, 6) is -4.91. The van der Waals surface area contributed by atoms with Gasteiger partial charge in [0.1, 0.15) is 5.92 Å². The molecule has 0 radical (unpaired) electrons. The van der Waals surface area contributed by atoms with Gasteiger partial charge in [0.2, 0.25) is 0 Å². The van der Waals surface area contributed by atoms with E-state index in [1.165, 1.54) is 0 Å². The Morgan fingerprint density at radius 3 is 2.32 bits per heavy atom. The van der Waals surface area contributed by atoms with Crippen LogP contribution in [0, 0.1) is 13.8 Å². The third-order valence-electron chi connectivity index (χ3n) is 9.22. The molecule has 228 valence electrons. The molecule has 9 nitrogen and oxygen atoms in total. The molecule has 3 aromatic rings. The van der Waals surface area contributed by atoms with Crippen molar-refractivity contribution >= 4 is 57.0 Å². The summed E-state index contributed by atoms with van der Waals surface area (Å²) in [5, 5.41) is 19.8. The molecule has 0 aromatic carbocycles. The number of aliphatic carboxylic acids is 2. The second-order valence-electron chi connectivity index (χ2n) is 11.5. The number of hydrogen-bond donors (Lipinski definition) is 2. The van der Waals surface area contributed by atoms with Crippen molar-refractivity contribution < 1.29 is 45.7 Å². The molecule has 8 bridgehead atoms. The number of hydrogen-bond acceptors (Lipinski definition) is 5. The van der Waals surface area contributed by atoms with Crippen molar-refractivity contribution in [3.63, 3.8) is 0 Å². The van der Waals surface area contributed by atoms with Crippen LogP contribution in [0.2, 0.25) is 0 Å². The summed E-state index contributed by atoms with van der Waals surface area (Å²) in [6, 6.07) is 5.70. The first-order valence-electron chi connectivity index (χ1n) is 14.5. The van der Waals surface area contributed by atoms with Gasteiger partial charge in [-0.25, -0.2) is 4.98 Å². The third kappa shape index (κ3) is 4.69. The van der Waals surface area contributed by atoms with E-state index in [0.717, 1.165) is 45.6 Å². The molecule has 3 aromatic heterocycles. The second-order valence-corrected chi connectivity index (χ2v) is 11.5. The minimum atomic E-state index is -1.47. The van der Waals surface area contributed by atoms with E-state index in [0.29, 0.717) is 33.5 Å². The maximum Gasteiger partial charge on any atom is 2.00 e. The molecule has 0 saturated carbocycles. The maximum absolute atomic E-state index is 13.7. The first kappa shape index (κ1) is 31.3. The van der Waals surface area contributed by atoms with Crippen LogP contribution in [-0.2, 0) is 30.7 Å². The van der Waals surface area contributed by atoms with Crippen LogP contribution >= 0.6 is 0 Å². The molecule has 10 heteroatoms. The van der Waals surface area contributed by atoms with E-state index in [9.17, 15) is 24.6 Å². The Balaban J connectivity index is 0.00000384. The van der Waals surface area contributed by atoms with Gasteiger partial charge in [-0.15, -0.1) is 22.1 Å². The Morgan fingerprint density at radius 1 is 1.00 bits per heavy atom. The van der Waals surface area contributed by atoms with Gasteiger partial charge in [-0.2, -0.15) is 0 Å². The SMILES string of the molecule is C=Cc1c(C)c2cc3nc(c4c5[n-]c(cc6nc(cc1[n-]2)C(C)=C6CC)c(C)c5C(=O)C4C(=O)O)C(CCC(=O)O)C3C.[Pt+2]. The van der Waals surface area contributed by atoms with E-state index in [1.54, 1.807) is 13.0 Å². The molecule has 3 unspecified atom stereocenters. The van der Waals surface area contributed by atoms with E-state index >= 15 is 0 Å². The van der Waals surface area contributed by atoms with E-state index in [2.05, 4.69) is 13.5 Å². The van der Waals surface area contributed by atoms with Gasteiger partial charge >= 0.3 is 33.0 Å². The first-order chi connectivity index (χ1) is 20.5. The van der Waals surface area contributed by atoms with Gasteiger partial charge in [0.25, 0.3) is 0 Å². The Hall–Kier alpha value is -4.10. The number of ketones is 1. The van der Waals surface area contributed by atoms with Crippen LogP contribution in [-0.4, -0.2) is 37.9 Å². The molecule has 0 spiro atoms. The molecule has 2 aliphatic heterocycles. The van der Waals surface area contributed by atoms with Crippen molar-refractivity contribution in [1.29, 1.82) is 0 Å². The fraction of sp³-hybridized carbons (Fsp3) is 0.324. The van der Waals surface area contributed by atoms with Crippen LogP contribution < -0.4 is 9.97 Å². The Morgan fingerprint density at radius 2 is 1.68 bits per heavy atom. The number of fused-ring (bicyclic) bond motifs is 8. The predicted octanol–water partition coefficient (Wildman–Crippen LogP) is 6.29. The van der Waals surface area contributed by atoms with Gasteiger partial charge in [-0.05, 0) is 55.9 Å². The first-order valence-corrected chi connectivity index (χ1v) is 14.5. The topological polar surface area (TPSA) is 146 Å². The zero-order valence-corrected chi connectivity index (χ0v) is 27.4. The van der Waals surface area contributed by atoms with E-state index in [-0.39, 0.29) is 51.0 Å². The summed E-state index contributed by atoms with van der Waals surface area (Å²) < 4.78 is 0. The largest absolute Gasteiger partial charge is 2.00 e. The number of carbonyl (C=O) groups excluding carboxylic acids is 1. The number of carboxylic acid groups (broad SMARTS) is 2. The van der Waals surface area contributed by atoms with Crippen LogP contribution in [0.4, 0.5) is 0 Å². The van der Waals surface area contributed by atoms with Crippen LogP contribution in [0.15, 0.2) is 24.8 Å².